The van der Waals surface area contributed by atoms with Gasteiger partial charge >= 0.3 is 0 Å². The second-order valence-electron chi connectivity index (χ2n) is 8.63. The van der Waals surface area contributed by atoms with E-state index in [1.54, 1.807) is 11.8 Å². The Labute approximate surface area is 198 Å². The van der Waals surface area contributed by atoms with Crippen LogP contribution in [0.15, 0.2) is 99.9 Å². The van der Waals surface area contributed by atoms with Crippen LogP contribution < -0.4 is 4.90 Å². The van der Waals surface area contributed by atoms with Crippen LogP contribution in [0, 0.1) is 0 Å². The minimum atomic E-state index is -0.474. The molecule has 0 N–H and O–H groups in total. The number of nitrogens with zero attached hydrogens (tertiary/aromatic N) is 1. The summed E-state index contributed by atoms with van der Waals surface area (Å²) in [6.45, 7) is 1.30. The Morgan fingerprint density at radius 2 is 1.30 bits per heavy atom. The average Bonchev–Trinajstić information content (AvgIpc) is 3.33. The molecule has 1 saturated carbocycles. The van der Waals surface area contributed by atoms with Gasteiger partial charge in [0.2, 0.25) is 5.78 Å². The van der Waals surface area contributed by atoms with Crippen molar-refractivity contribution in [2.24, 2.45) is 0 Å². The van der Waals surface area contributed by atoms with Crippen LogP contribution in [0.1, 0.15) is 36.0 Å². The molecule has 6 rings (SSSR count). The Kier molecular flexibility index (Phi) is 5.33. The van der Waals surface area contributed by atoms with Gasteiger partial charge in [0.15, 0.2) is 5.79 Å². The summed E-state index contributed by atoms with van der Waals surface area (Å²) in [5.41, 5.74) is 4.77. The van der Waals surface area contributed by atoms with Gasteiger partial charge in [0.25, 0.3) is 0 Å². The number of benzene rings is 3. The van der Waals surface area contributed by atoms with Gasteiger partial charge in [0, 0.05) is 28.2 Å². The van der Waals surface area contributed by atoms with E-state index in [1.165, 1.54) is 5.57 Å². The summed E-state index contributed by atoms with van der Waals surface area (Å²) < 4.78 is 11.9. The first-order chi connectivity index (χ1) is 16.2. The third-order valence-corrected chi connectivity index (χ3v) is 7.80. The first kappa shape index (κ1) is 20.7. The lowest BCUT2D eigenvalue weighted by Crippen LogP contribution is -2.35. The zero-order chi connectivity index (χ0) is 22.3. The van der Waals surface area contributed by atoms with E-state index in [0.29, 0.717) is 18.8 Å². The van der Waals surface area contributed by atoms with Crippen LogP contribution >= 0.6 is 11.8 Å². The lowest BCUT2D eigenvalue weighted by molar-refractivity contribution is -0.171. The number of carbonyl (C=O) groups is 1. The fraction of sp³-hybridized carbons (Fsp3) is 0.250. The molecular weight excluding hydrogens is 430 g/mol. The molecule has 2 fully saturated rings. The Hall–Kier alpha value is -2.86. The van der Waals surface area contributed by atoms with Gasteiger partial charge in [-0.2, -0.15) is 0 Å². The second kappa shape index (κ2) is 8.49. The number of rotatable bonds is 3. The molecule has 0 radical (unpaired) electrons. The standard InChI is InChI=1S/C28H25NO3S/c30-27(21-8-2-1-3-9-21)26(20-14-16-28(17-15-20)31-18-19-32-28)29-22-10-4-6-12-24(22)33-25-13-7-5-11-23(25)29/h1-13H,14-19H2. The topological polar surface area (TPSA) is 38.8 Å². The Morgan fingerprint density at radius 3 is 1.91 bits per heavy atom. The molecule has 0 unspecified atom stereocenters. The van der Waals surface area contributed by atoms with Crippen molar-refractivity contribution in [1.29, 1.82) is 0 Å². The molecule has 166 valence electrons. The third kappa shape index (κ3) is 3.70. The number of hydrogen-bond donors (Lipinski definition) is 0. The lowest BCUT2D eigenvalue weighted by atomic mass is 9.86. The molecule has 1 aliphatic carbocycles. The van der Waals surface area contributed by atoms with E-state index in [1.807, 2.05) is 42.5 Å². The molecule has 2 aliphatic heterocycles. The molecule has 0 bridgehead atoms. The first-order valence-corrected chi connectivity index (χ1v) is 12.3. The van der Waals surface area contributed by atoms with Gasteiger partial charge in [-0.1, -0.05) is 66.4 Å². The summed E-state index contributed by atoms with van der Waals surface area (Å²) in [4.78, 5) is 18.6. The molecule has 0 atom stereocenters. The van der Waals surface area contributed by atoms with Gasteiger partial charge in [0.1, 0.15) is 0 Å². The molecular formula is C28H25NO3S. The highest BCUT2D eigenvalue weighted by molar-refractivity contribution is 7.99. The molecule has 5 heteroatoms. The zero-order valence-corrected chi connectivity index (χ0v) is 19.1. The highest BCUT2D eigenvalue weighted by Gasteiger charge is 2.41. The average molecular weight is 456 g/mol. The number of Topliss-reactive ketones (excluding diaryl/α,β-unsaturated/α-hetero) is 1. The highest BCUT2D eigenvalue weighted by Crippen LogP contribution is 2.51. The molecule has 2 heterocycles. The number of fused-ring (bicyclic) bond motifs is 2. The van der Waals surface area contributed by atoms with Crippen LogP contribution in [0.5, 0.6) is 0 Å². The summed E-state index contributed by atoms with van der Waals surface area (Å²) in [5.74, 6) is -0.413. The molecule has 3 aromatic carbocycles. The van der Waals surface area contributed by atoms with Gasteiger partial charge in [-0.05, 0) is 42.7 Å². The second-order valence-corrected chi connectivity index (χ2v) is 9.71. The van der Waals surface area contributed by atoms with Crippen molar-refractivity contribution < 1.29 is 14.3 Å². The van der Waals surface area contributed by atoms with E-state index in [-0.39, 0.29) is 5.78 Å². The number of hydrogen-bond acceptors (Lipinski definition) is 5. The molecule has 3 aromatic rings. The number of carbonyl (C=O) groups excluding carboxylic acids is 1. The molecule has 1 saturated heterocycles. The van der Waals surface area contributed by atoms with Crippen molar-refractivity contribution in [1.82, 2.24) is 0 Å². The monoisotopic (exact) mass is 455 g/mol. The van der Waals surface area contributed by atoms with Gasteiger partial charge in [0.05, 0.1) is 30.3 Å². The maximum absolute atomic E-state index is 14.1. The predicted octanol–water partition coefficient (Wildman–Crippen LogP) is 6.74. The summed E-state index contributed by atoms with van der Waals surface area (Å²) in [6.07, 6.45) is 3.11. The fourth-order valence-electron chi connectivity index (χ4n) is 5.05. The van der Waals surface area contributed by atoms with Gasteiger partial charge in [-0.25, -0.2) is 0 Å². The van der Waals surface area contributed by atoms with Crippen molar-refractivity contribution in [3.63, 3.8) is 0 Å². The van der Waals surface area contributed by atoms with E-state index in [4.69, 9.17) is 9.47 Å². The van der Waals surface area contributed by atoms with Crippen LogP contribution in [-0.2, 0) is 9.47 Å². The minimum absolute atomic E-state index is 0.0614. The van der Waals surface area contributed by atoms with Crippen molar-refractivity contribution in [3.8, 4) is 0 Å². The van der Waals surface area contributed by atoms with E-state index in [9.17, 15) is 4.79 Å². The van der Waals surface area contributed by atoms with Gasteiger partial charge < -0.3 is 14.4 Å². The summed E-state index contributed by atoms with van der Waals surface area (Å²) in [5, 5.41) is 0. The maximum Gasteiger partial charge on any atom is 0.209 e. The molecule has 0 aromatic heterocycles. The van der Waals surface area contributed by atoms with E-state index < -0.39 is 5.79 Å². The normalized spacial score (nSPS) is 18.7. The minimum Gasteiger partial charge on any atom is -0.348 e. The van der Waals surface area contributed by atoms with Crippen molar-refractivity contribution in [3.05, 3.63) is 95.7 Å². The van der Waals surface area contributed by atoms with E-state index in [0.717, 1.165) is 52.5 Å². The maximum atomic E-state index is 14.1. The van der Waals surface area contributed by atoms with Crippen LogP contribution in [-0.4, -0.2) is 24.8 Å². The van der Waals surface area contributed by atoms with E-state index in [2.05, 4.69) is 41.3 Å². The molecule has 0 amide bonds. The lowest BCUT2D eigenvalue weighted by Gasteiger charge is -2.38. The largest absolute Gasteiger partial charge is 0.348 e. The zero-order valence-electron chi connectivity index (χ0n) is 18.3. The Bertz CT molecular complexity index is 1170. The van der Waals surface area contributed by atoms with Crippen LogP contribution in [0.3, 0.4) is 0 Å². The molecule has 1 spiro atoms. The fourth-order valence-corrected chi connectivity index (χ4v) is 6.11. The first-order valence-electron chi connectivity index (χ1n) is 11.5. The SMILES string of the molecule is O=C(C(=C1CCC2(CC1)OCCO2)N1c2ccccc2Sc2ccccc21)c1ccccc1. The van der Waals surface area contributed by atoms with Crippen LogP contribution in [0.25, 0.3) is 0 Å². The number of ether oxygens (including phenoxy) is 2. The smallest absolute Gasteiger partial charge is 0.209 e. The number of allylic oxidation sites excluding steroid dienone is 2. The predicted molar refractivity (Wildman–Crippen MR) is 130 cm³/mol. The summed E-state index contributed by atoms with van der Waals surface area (Å²) in [7, 11) is 0. The third-order valence-electron chi connectivity index (χ3n) is 6.67. The van der Waals surface area contributed by atoms with Crippen molar-refractivity contribution in [2.75, 3.05) is 18.1 Å². The Morgan fingerprint density at radius 1 is 0.758 bits per heavy atom. The van der Waals surface area contributed by atoms with Crippen LogP contribution in [0.2, 0.25) is 0 Å². The molecule has 3 aliphatic rings. The summed E-state index contributed by atoms with van der Waals surface area (Å²) in [6, 6.07) is 26.3. The highest BCUT2D eigenvalue weighted by atomic mass is 32.2. The number of para-hydroxylation sites is 2. The quantitative estimate of drug-likeness (QED) is 0.323. The van der Waals surface area contributed by atoms with E-state index >= 15 is 0 Å². The van der Waals surface area contributed by atoms with Crippen molar-refractivity contribution >= 4 is 28.9 Å². The van der Waals surface area contributed by atoms with Crippen LogP contribution in [0.4, 0.5) is 11.4 Å². The van der Waals surface area contributed by atoms with Crippen molar-refractivity contribution in [2.45, 2.75) is 41.3 Å². The number of anilines is 2. The molecule has 33 heavy (non-hydrogen) atoms. The number of ketones is 1. The molecule has 4 nitrogen and oxygen atoms in total. The van der Waals surface area contributed by atoms with Gasteiger partial charge in [-0.3, -0.25) is 4.79 Å². The summed E-state index contributed by atoms with van der Waals surface area (Å²) >= 11 is 1.76. The van der Waals surface area contributed by atoms with Gasteiger partial charge in [-0.15, -0.1) is 0 Å². The Balaban J connectivity index is 1.51.